The highest BCUT2D eigenvalue weighted by molar-refractivity contribution is 5.26. The van der Waals surface area contributed by atoms with Crippen LogP contribution in [0.25, 0.3) is 0 Å². The second-order valence-corrected chi connectivity index (χ2v) is 7.64. The summed E-state index contributed by atoms with van der Waals surface area (Å²) in [7, 11) is 0. The van der Waals surface area contributed by atoms with Crippen molar-refractivity contribution in [1.29, 1.82) is 0 Å². The summed E-state index contributed by atoms with van der Waals surface area (Å²) in [5, 5.41) is 4.44. The van der Waals surface area contributed by atoms with Crippen LogP contribution < -0.4 is 9.47 Å². The maximum absolute atomic E-state index is 13.8. The molecule has 2 aliphatic rings. The van der Waals surface area contributed by atoms with Crippen molar-refractivity contribution in [2.75, 3.05) is 26.2 Å². The van der Waals surface area contributed by atoms with Crippen LogP contribution >= 0.6 is 0 Å². The van der Waals surface area contributed by atoms with Crippen LogP contribution in [0.4, 0.5) is 17.6 Å². The molecular formula is C22H24F4N2O2. The van der Waals surface area contributed by atoms with Crippen LogP contribution in [-0.2, 0) is 0 Å². The fourth-order valence-electron chi connectivity index (χ4n) is 4.00. The minimum atomic E-state index is -0.951. The van der Waals surface area contributed by atoms with E-state index < -0.39 is 23.3 Å². The lowest BCUT2D eigenvalue weighted by Crippen LogP contribution is -2.52. The second-order valence-electron chi connectivity index (χ2n) is 7.64. The number of benzene rings is 2. The van der Waals surface area contributed by atoms with Gasteiger partial charge in [0.15, 0.2) is 29.0 Å². The molecule has 2 aromatic rings. The third-order valence-corrected chi connectivity index (χ3v) is 5.65. The minimum absolute atomic E-state index is 0.0493. The molecular weight excluding hydrogens is 400 g/mol. The Morgan fingerprint density at radius 1 is 0.633 bits per heavy atom. The highest BCUT2D eigenvalue weighted by Gasteiger charge is 2.29. The Morgan fingerprint density at radius 3 is 1.67 bits per heavy atom. The minimum Gasteiger partial charge on any atom is -0.487 e. The molecule has 0 aromatic heterocycles. The van der Waals surface area contributed by atoms with Gasteiger partial charge in [0.05, 0.1) is 0 Å². The van der Waals surface area contributed by atoms with Crippen molar-refractivity contribution in [1.82, 2.24) is 10.0 Å². The lowest BCUT2D eigenvalue weighted by molar-refractivity contribution is -0.0854. The molecule has 2 fully saturated rings. The van der Waals surface area contributed by atoms with Gasteiger partial charge < -0.3 is 9.47 Å². The molecule has 8 heteroatoms. The average Bonchev–Trinajstić information content (AvgIpc) is 2.75. The highest BCUT2D eigenvalue weighted by atomic mass is 19.2. The zero-order chi connectivity index (χ0) is 21.1. The molecule has 0 saturated carbocycles. The van der Waals surface area contributed by atoms with Gasteiger partial charge in [-0.2, -0.15) is 4.39 Å². The molecule has 2 heterocycles. The van der Waals surface area contributed by atoms with E-state index in [4.69, 9.17) is 9.47 Å². The van der Waals surface area contributed by atoms with Crippen LogP contribution in [0.3, 0.4) is 0 Å². The quantitative estimate of drug-likeness (QED) is 0.658. The number of para-hydroxylation sites is 1. The van der Waals surface area contributed by atoms with E-state index in [2.05, 4.69) is 10.0 Å². The van der Waals surface area contributed by atoms with Crippen molar-refractivity contribution < 1.29 is 27.0 Å². The van der Waals surface area contributed by atoms with Crippen molar-refractivity contribution in [3.8, 4) is 11.5 Å². The SMILES string of the molecule is Fc1cccc(OC2CCN(N3CCC(Oc4c(F)cccc4F)CC3)CC2)c1F. The molecule has 2 aliphatic heterocycles. The first-order valence-corrected chi connectivity index (χ1v) is 10.2. The van der Waals surface area contributed by atoms with Crippen molar-refractivity contribution in [2.45, 2.75) is 37.9 Å². The Hall–Kier alpha value is -2.32. The number of piperidine rings is 2. The Kier molecular flexibility index (Phi) is 6.43. The fraction of sp³-hybridized carbons (Fsp3) is 0.455. The van der Waals surface area contributed by atoms with Gasteiger partial charge in [-0.15, -0.1) is 0 Å². The smallest absolute Gasteiger partial charge is 0.200 e. The first-order chi connectivity index (χ1) is 14.5. The summed E-state index contributed by atoms with van der Waals surface area (Å²) in [6.07, 6.45) is 2.34. The van der Waals surface area contributed by atoms with Crippen LogP contribution in [0.15, 0.2) is 36.4 Å². The standard InChI is InChI=1S/C22H24F4N2O2/c23-17-3-2-6-20(21(17)26)29-15-7-11-27(12-8-15)28-13-9-16(10-14-28)30-22-18(24)4-1-5-19(22)25/h1-6,15-16H,7-14H2. The van der Waals surface area contributed by atoms with Gasteiger partial charge in [-0.05, 0) is 49.9 Å². The van der Waals surface area contributed by atoms with Crippen molar-refractivity contribution in [3.63, 3.8) is 0 Å². The summed E-state index contributed by atoms with van der Waals surface area (Å²) in [6, 6.07) is 7.63. The van der Waals surface area contributed by atoms with E-state index in [0.29, 0.717) is 25.7 Å². The maximum atomic E-state index is 13.8. The molecule has 0 N–H and O–H groups in total. The molecule has 2 saturated heterocycles. The lowest BCUT2D eigenvalue weighted by atomic mass is 10.1. The van der Waals surface area contributed by atoms with Gasteiger partial charge in [0, 0.05) is 26.2 Å². The van der Waals surface area contributed by atoms with Gasteiger partial charge in [-0.25, -0.2) is 23.2 Å². The van der Waals surface area contributed by atoms with E-state index in [1.54, 1.807) is 0 Å². The number of hydrogen-bond acceptors (Lipinski definition) is 4. The Labute approximate surface area is 173 Å². The third-order valence-electron chi connectivity index (χ3n) is 5.65. The number of rotatable bonds is 5. The summed E-state index contributed by atoms with van der Waals surface area (Å²) >= 11 is 0. The second kappa shape index (κ2) is 9.22. The zero-order valence-electron chi connectivity index (χ0n) is 16.5. The Balaban J connectivity index is 1.24. The molecule has 0 radical (unpaired) electrons. The molecule has 0 aliphatic carbocycles. The van der Waals surface area contributed by atoms with E-state index in [1.807, 2.05) is 0 Å². The number of hydrazine groups is 1. The summed E-state index contributed by atoms with van der Waals surface area (Å²) in [6.45, 7) is 2.94. The van der Waals surface area contributed by atoms with Crippen molar-refractivity contribution >= 4 is 0 Å². The van der Waals surface area contributed by atoms with Crippen molar-refractivity contribution in [2.24, 2.45) is 0 Å². The molecule has 0 atom stereocenters. The average molecular weight is 424 g/mol. The number of nitrogens with zero attached hydrogens (tertiary/aromatic N) is 2. The van der Waals surface area contributed by atoms with Crippen LogP contribution in [-0.4, -0.2) is 48.4 Å². The van der Waals surface area contributed by atoms with E-state index in [1.165, 1.54) is 30.3 Å². The molecule has 162 valence electrons. The van der Waals surface area contributed by atoms with Gasteiger partial charge >= 0.3 is 0 Å². The molecule has 0 amide bonds. The number of halogens is 4. The van der Waals surface area contributed by atoms with E-state index in [-0.39, 0.29) is 23.7 Å². The molecule has 4 nitrogen and oxygen atoms in total. The number of ether oxygens (including phenoxy) is 2. The van der Waals surface area contributed by atoms with E-state index in [9.17, 15) is 17.6 Å². The molecule has 0 unspecified atom stereocenters. The van der Waals surface area contributed by atoms with Crippen LogP contribution in [0, 0.1) is 23.3 Å². The van der Waals surface area contributed by atoms with Crippen LogP contribution in [0.5, 0.6) is 11.5 Å². The van der Waals surface area contributed by atoms with Gasteiger partial charge in [0.25, 0.3) is 0 Å². The third kappa shape index (κ3) is 4.70. The predicted molar refractivity (Wildman–Crippen MR) is 103 cm³/mol. The normalized spacial score (nSPS) is 19.7. The van der Waals surface area contributed by atoms with Gasteiger partial charge in [0.2, 0.25) is 5.82 Å². The van der Waals surface area contributed by atoms with Crippen LogP contribution in [0.1, 0.15) is 25.7 Å². The molecule has 2 aromatic carbocycles. The lowest BCUT2D eigenvalue weighted by Gasteiger charge is -2.43. The topological polar surface area (TPSA) is 24.9 Å². The molecule has 4 rings (SSSR count). The molecule has 0 spiro atoms. The van der Waals surface area contributed by atoms with E-state index >= 15 is 0 Å². The predicted octanol–water partition coefficient (Wildman–Crippen LogP) is 4.54. The molecule has 30 heavy (non-hydrogen) atoms. The monoisotopic (exact) mass is 424 g/mol. The first-order valence-electron chi connectivity index (χ1n) is 10.2. The fourth-order valence-corrected chi connectivity index (χ4v) is 4.00. The summed E-state index contributed by atoms with van der Waals surface area (Å²) < 4.78 is 65.9. The summed E-state index contributed by atoms with van der Waals surface area (Å²) in [4.78, 5) is 0. The first kappa shape index (κ1) is 20.9. The largest absolute Gasteiger partial charge is 0.487 e. The van der Waals surface area contributed by atoms with E-state index in [0.717, 1.165) is 32.2 Å². The zero-order valence-corrected chi connectivity index (χ0v) is 16.5. The summed E-state index contributed by atoms with van der Waals surface area (Å²) in [5.41, 5.74) is 0. The maximum Gasteiger partial charge on any atom is 0.200 e. The Bertz CT molecular complexity index is 846. The van der Waals surface area contributed by atoms with Crippen molar-refractivity contribution in [3.05, 3.63) is 59.7 Å². The highest BCUT2D eigenvalue weighted by Crippen LogP contribution is 2.27. The van der Waals surface area contributed by atoms with Crippen LogP contribution in [0.2, 0.25) is 0 Å². The van der Waals surface area contributed by atoms with Gasteiger partial charge in [-0.1, -0.05) is 12.1 Å². The van der Waals surface area contributed by atoms with Gasteiger partial charge in [-0.3, -0.25) is 0 Å². The molecule has 0 bridgehead atoms. The van der Waals surface area contributed by atoms with Gasteiger partial charge in [0.1, 0.15) is 12.2 Å². The summed E-state index contributed by atoms with van der Waals surface area (Å²) in [5.74, 6) is -3.59. The number of hydrogen-bond donors (Lipinski definition) is 0. The Morgan fingerprint density at radius 2 is 1.10 bits per heavy atom.